The van der Waals surface area contributed by atoms with Crippen molar-refractivity contribution in [2.45, 2.75) is 25.2 Å². The van der Waals surface area contributed by atoms with E-state index in [-0.39, 0.29) is 23.7 Å². The maximum absolute atomic E-state index is 13.0. The summed E-state index contributed by atoms with van der Waals surface area (Å²) in [6.07, 6.45) is 2.07. The number of rotatable bonds is 6. The maximum Gasteiger partial charge on any atom is 0.240 e. The van der Waals surface area contributed by atoms with Crippen LogP contribution in [0.15, 0.2) is 84.9 Å². The molecule has 3 nitrogen and oxygen atoms in total. The average Bonchev–Trinajstić information content (AvgIpc) is 2.79. The van der Waals surface area contributed by atoms with Gasteiger partial charge >= 0.3 is 0 Å². The van der Waals surface area contributed by atoms with Crippen molar-refractivity contribution in [1.82, 2.24) is 5.32 Å². The molecule has 4 rings (SSSR count). The van der Waals surface area contributed by atoms with Crippen LogP contribution in [0, 0.1) is 0 Å². The minimum Gasteiger partial charge on any atom is -0.311 e. The van der Waals surface area contributed by atoms with Gasteiger partial charge in [0, 0.05) is 24.2 Å². The van der Waals surface area contributed by atoms with Crippen molar-refractivity contribution >= 4 is 24.0 Å². The van der Waals surface area contributed by atoms with Gasteiger partial charge in [0.25, 0.3) is 0 Å². The number of nitrogens with zero attached hydrogens (tertiary/aromatic N) is 1. The highest BCUT2D eigenvalue weighted by atomic mass is 35.5. The first-order chi connectivity index (χ1) is 14.2. The fourth-order valence-electron chi connectivity index (χ4n) is 4.29. The van der Waals surface area contributed by atoms with Gasteiger partial charge in [-0.2, -0.15) is 0 Å². The monoisotopic (exact) mass is 420 g/mol. The second-order valence-corrected chi connectivity index (χ2v) is 7.95. The van der Waals surface area contributed by atoms with E-state index in [1.165, 1.54) is 16.7 Å². The number of carbonyl (C=O) groups excluding carboxylic acids is 1. The highest BCUT2D eigenvalue weighted by Gasteiger charge is 2.29. The van der Waals surface area contributed by atoms with Crippen LogP contribution in [-0.4, -0.2) is 25.5 Å². The van der Waals surface area contributed by atoms with Gasteiger partial charge in [-0.05, 0) is 35.6 Å². The molecule has 3 aromatic carbocycles. The Hall–Kier alpha value is -2.62. The molecule has 4 heteroatoms. The van der Waals surface area contributed by atoms with E-state index < -0.39 is 0 Å². The smallest absolute Gasteiger partial charge is 0.240 e. The van der Waals surface area contributed by atoms with Crippen LogP contribution in [0.25, 0.3) is 0 Å². The zero-order valence-electron chi connectivity index (χ0n) is 17.4. The van der Waals surface area contributed by atoms with Gasteiger partial charge in [-0.1, -0.05) is 85.8 Å². The van der Waals surface area contributed by atoms with E-state index in [9.17, 15) is 4.79 Å². The fourth-order valence-corrected chi connectivity index (χ4v) is 4.29. The largest absolute Gasteiger partial charge is 0.311 e. The molecular weight excluding hydrogens is 392 g/mol. The third-order valence-corrected chi connectivity index (χ3v) is 5.99. The lowest BCUT2D eigenvalue weighted by Crippen LogP contribution is -2.44. The van der Waals surface area contributed by atoms with Crippen LogP contribution in [0.2, 0.25) is 0 Å². The summed E-state index contributed by atoms with van der Waals surface area (Å²) in [5.74, 6) is 0.139. The number of halogens is 1. The van der Waals surface area contributed by atoms with Crippen molar-refractivity contribution < 1.29 is 4.79 Å². The number of para-hydroxylation sites is 1. The molecule has 1 amide bonds. The van der Waals surface area contributed by atoms with Crippen LogP contribution in [0.3, 0.4) is 0 Å². The summed E-state index contributed by atoms with van der Waals surface area (Å²) < 4.78 is 0. The molecule has 0 aromatic heterocycles. The molecule has 1 aliphatic rings. The Morgan fingerprint density at radius 3 is 2.10 bits per heavy atom. The first-order valence-corrected chi connectivity index (χ1v) is 10.4. The normalized spacial score (nSPS) is 13.3. The Labute approximate surface area is 185 Å². The van der Waals surface area contributed by atoms with E-state index in [4.69, 9.17) is 0 Å². The Bertz CT molecular complexity index is 920. The lowest BCUT2D eigenvalue weighted by atomic mass is 9.76. The SMILES string of the molecule is CC(CNCC(=O)N1CCCc2ccccc21)(c1ccccc1)c1ccccc1.Cl. The maximum atomic E-state index is 13.0. The standard InChI is InChI=1S/C26H28N2O.ClH/c1-26(22-13-4-2-5-14-22,23-15-6-3-7-16-23)20-27-19-25(29)28-18-10-12-21-11-8-9-17-24(21)28;/h2-9,11,13-17,27H,10,12,18-20H2,1H3;1H. The zero-order valence-corrected chi connectivity index (χ0v) is 18.2. The number of nitrogens with one attached hydrogen (secondary N) is 1. The molecule has 156 valence electrons. The molecule has 1 N–H and O–H groups in total. The number of benzene rings is 3. The van der Waals surface area contributed by atoms with Crippen LogP contribution in [0.1, 0.15) is 30.0 Å². The number of hydrogen-bond donors (Lipinski definition) is 1. The predicted octanol–water partition coefficient (Wildman–Crippen LogP) is 4.98. The van der Waals surface area contributed by atoms with E-state index in [2.05, 4.69) is 79.0 Å². The second-order valence-electron chi connectivity index (χ2n) is 7.95. The van der Waals surface area contributed by atoms with E-state index in [0.717, 1.165) is 25.1 Å². The first-order valence-electron chi connectivity index (χ1n) is 10.4. The van der Waals surface area contributed by atoms with Gasteiger partial charge in [-0.15, -0.1) is 12.4 Å². The number of amides is 1. The summed E-state index contributed by atoms with van der Waals surface area (Å²) in [5.41, 5.74) is 4.62. The van der Waals surface area contributed by atoms with E-state index in [1.54, 1.807) is 0 Å². The molecule has 30 heavy (non-hydrogen) atoms. The second kappa shape index (κ2) is 9.92. The minimum atomic E-state index is -0.206. The van der Waals surface area contributed by atoms with Crippen molar-refractivity contribution in [2.24, 2.45) is 0 Å². The summed E-state index contributed by atoms with van der Waals surface area (Å²) in [7, 11) is 0. The van der Waals surface area contributed by atoms with E-state index in [0.29, 0.717) is 13.1 Å². The van der Waals surface area contributed by atoms with E-state index >= 15 is 0 Å². The molecule has 0 bridgehead atoms. The van der Waals surface area contributed by atoms with Gasteiger partial charge < -0.3 is 10.2 Å². The lowest BCUT2D eigenvalue weighted by Gasteiger charge is -2.33. The molecule has 0 saturated carbocycles. The average molecular weight is 421 g/mol. The molecule has 0 aliphatic carbocycles. The number of fused-ring (bicyclic) bond motifs is 1. The third kappa shape index (κ3) is 4.58. The summed E-state index contributed by atoms with van der Waals surface area (Å²) >= 11 is 0. The summed E-state index contributed by atoms with van der Waals surface area (Å²) in [4.78, 5) is 14.9. The van der Waals surface area contributed by atoms with Crippen LogP contribution < -0.4 is 10.2 Å². The van der Waals surface area contributed by atoms with E-state index in [1.807, 2.05) is 23.1 Å². The molecule has 0 fully saturated rings. The van der Waals surface area contributed by atoms with Crippen LogP contribution in [0.5, 0.6) is 0 Å². The van der Waals surface area contributed by atoms with Gasteiger partial charge in [-0.25, -0.2) is 0 Å². The number of carbonyl (C=O) groups is 1. The molecule has 1 heterocycles. The summed E-state index contributed by atoms with van der Waals surface area (Å²) in [5, 5.41) is 3.46. The molecule has 0 radical (unpaired) electrons. The summed E-state index contributed by atoms with van der Waals surface area (Å²) in [6.45, 7) is 4.07. The predicted molar refractivity (Wildman–Crippen MR) is 127 cm³/mol. The van der Waals surface area contributed by atoms with Crippen molar-refractivity contribution in [3.63, 3.8) is 0 Å². The van der Waals surface area contributed by atoms with Crippen molar-refractivity contribution in [2.75, 3.05) is 24.5 Å². The fraction of sp³-hybridized carbons (Fsp3) is 0.269. The van der Waals surface area contributed by atoms with Crippen molar-refractivity contribution in [3.8, 4) is 0 Å². The van der Waals surface area contributed by atoms with Crippen LogP contribution in [-0.2, 0) is 16.6 Å². The number of anilines is 1. The Kier molecular flexibility index (Phi) is 7.30. The molecule has 0 spiro atoms. The molecule has 0 atom stereocenters. The third-order valence-electron chi connectivity index (χ3n) is 5.99. The Morgan fingerprint density at radius 2 is 1.47 bits per heavy atom. The first kappa shape index (κ1) is 22.1. The van der Waals surface area contributed by atoms with Gasteiger partial charge in [0.15, 0.2) is 0 Å². The summed E-state index contributed by atoms with van der Waals surface area (Å²) in [6, 6.07) is 29.3. The highest BCUT2D eigenvalue weighted by Crippen LogP contribution is 2.31. The van der Waals surface area contributed by atoms with Gasteiger partial charge in [-0.3, -0.25) is 4.79 Å². The minimum absolute atomic E-state index is 0. The van der Waals surface area contributed by atoms with Crippen molar-refractivity contribution in [1.29, 1.82) is 0 Å². The Balaban J connectivity index is 0.00000256. The van der Waals surface area contributed by atoms with Crippen molar-refractivity contribution in [3.05, 3.63) is 102 Å². The van der Waals surface area contributed by atoms with Gasteiger partial charge in [0.2, 0.25) is 5.91 Å². The van der Waals surface area contributed by atoms with Crippen LogP contribution in [0.4, 0.5) is 5.69 Å². The van der Waals surface area contributed by atoms with Crippen LogP contribution >= 0.6 is 12.4 Å². The number of aryl methyl sites for hydroxylation is 1. The molecular formula is C26H29ClN2O. The molecule has 3 aromatic rings. The lowest BCUT2D eigenvalue weighted by molar-refractivity contribution is -0.117. The quantitative estimate of drug-likeness (QED) is 0.609. The molecule has 1 aliphatic heterocycles. The Morgan fingerprint density at radius 1 is 0.900 bits per heavy atom. The van der Waals surface area contributed by atoms with Gasteiger partial charge in [0.05, 0.1) is 6.54 Å². The molecule has 0 unspecified atom stereocenters. The topological polar surface area (TPSA) is 32.3 Å². The number of hydrogen-bond acceptors (Lipinski definition) is 2. The van der Waals surface area contributed by atoms with Gasteiger partial charge in [0.1, 0.15) is 0 Å². The highest BCUT2D eigenvalue weighted by molar-refractivity contribution is 5.95. The molecule has 0 saturated heterocycles. The zero-order chi connectivity index (χ0) is 20.1.